The highest BCUT2D eigenvalue weighted by Crippen LogP contribution is 2.10. The molecule has 3 nitrogen and oxygen atoms in total. The van der Waals surface area contributed by atoms with E-state index in [1.165, 1.54) is 6.07 Å². The molecule has 0 aliphatic rings. The van der Waals surface area contributed by atoms with E-state index in [2.05, 4.69) is 31.5 Å². The molecule has 0 aliphatic heterocycles. The van der Waals surface area contributed by atoms with Crippen molar-refractivity contribution < 1.29 is 4.39 Å². The first-order chi connectivity index (χ1) is 9.15. The molecule has 0 aliphatic carbocycles. The lowest BCUT2D eigenvalue weighted by atomic mass is 10.2. The minimum absolute atomic E-state index is 0.250. The molecule has 19 heavy (non-hydrogen) atoms. The summed E-state index contributed by atoms with van der Waals surface area (Å²) in [4.78, 5) is 4.13. The quantitative estimate of drug-likeness (QED) is 0.839. The average Bonchev–Trinajstić information content (AvgIpc) is 2.40. The highest BCUT2D eigenvalue weighted by atomic mass is 79.9. The van der Waals surface area contributed by atoms with Crippen molar-refractivity contribution in [3.8, 4) is 0 Å². The van der Waals surface area contributed by atoms with Gasteiger partial charge in [-0.25, -0.2) is 9.37 Å². The van der Waals surface area contributed by atoms with E-state index >= 15 is 0 Å². The van der Waals surface area contributed by atoms with E-state index in [-0.39, 0.29) is 5.82 Å². The van der Waals surface area contributed by atoms with Gasteiger partial charge < -0.3 is 10.6 Å². The molecule has 0 atom stereocenters. The molecular weight excluding hydrogens is 329 g/mol. The molecule has 0 spiro atoms. The van der Waals surface area contributed by atoms with Crippen LogP contribution in [0, 0.1) is 5.82 Å². The zero-order valence-electron chi connectivity index (χ0n) is 9.86. The number of anilines is 1. The van der Waals surface area contributed by atoms with Crippen LogP contribution in [-0.2, 0) is 6.54 Å². The molecule has 1 aromatic carbocycles. The number of benzene rings is 1. The summed E-state index contributed by atoms with van der Waals surface area (Å²) >= 11 is 8.42. The van der Waals surface area contributed by atoms with Crippen LogP contribution in [-0.4, -0.2) is 10.1 Å². The number of rotatable bonds is 3. The predicted molar refractivity (Wildman–Crippen MR) is 81.4 cm³/mol. The van der Waals surface area contributed by atoms with Gasteiger partial charge in [0.2, 0.25) is 0 Å². The summed E-state index contributed by atoms with van der Waals surface area (Å²) in [6.07, 6.45) is 1.67. The van der Waals surface area contributed by atoms with Crippen molar-refractivity contribution in [3.63, 3.8) is 0 Å². The van der Waals surface area contributed by atoms with E-state index in [9.17, 15) is 4.39 Å². The molecule has 0 fully saturated rings. The lowest BCUT2D eigenvalue weighted by Gasteiger charge is -2.10. The summed E-state index contributed by atoms with van der Waals surface area (Å²) in [6.45, 7) is 0.328. The third-order valence-corrected chi connectivity index (χ3v) is 3.08. The molecule has 0 radical (unpaired) electrons. The van der Waals surface area contributed by atoms with Crippen LogP contribution >= 0.6 is 28.1 Å². The van der Waals surface area contributed by atoms with Crippen LogP contribution in [0.2, 0.25) is 0 Å². The average molecular weight is 340 g/mol. The van der Waals surface area contributed by atoms with Gasteiger partial charge in [-0.2, -0.15) is 0 Å². The molecule has 0 saturated heterocycles. The van der Waals surface area contributed by atoms with Crippen molar-refractivity contribution in [1.82, 2.24) is 10.3 Å². The second kappa shape index (κ2) is 6.58. The molecule has 6 heteroatoms. The largest absolute Gasteiger partial charge is 0.358 e. The van der Waals surface area contributed by atoms with Crippen molar-refractivity contribution in [1.29, 1.82) is 0 Å². The minimum atomic E-state index is -0.250. The Morgan fingerprint density at radius 1 is 1.26 bits per heavy atom. The van der Waals surface area contributed by atoms with Crippen molar-refractivity contribution >= 4 is 39.1 Å². The number of nitrogens with one attached hydrogen (secondary N) is 2. The fourth-order valence-electron chi connectivity index (χ4n) is 1.43. The number of thiocarbonyl (C=S) groups is 1. The third-order valence-electron chi connectivity index (χ3n) is 2.37. The van der Waals surface area contributed by atoms with Gasteiger partial charge in [0.25, 0.3) is 0 Å². The second-order valence-electron chi connectivity index (χ2n) is 3.76. The molecule has 2 rings (SSSR count). The second-order valence-corrected chi connectivity index (χ2v) is 5.08. The van der Waals surface area contributed by atoms with E-state index in [0.717, 1.165) is 4.47 Å². The smallest absolute Gasteiger partial charge is 0.172 e. The minimum Gasteiger partial charge on any atom is -0.358 e. The summed E-state index contributed by atoms with van der Waals surface area (Å²) in [7, 11) is 0. The Balaban J connectivity index is 1.88. The van der Waals surface area contributed by atoms with Gasteiger partial charge in [-0.1, -0.05) is 18.2 Å². The van der Waals surface area contributed by atoms with Gasteiger partial charge in [-0.3, -0.25) is 0 Å². The van der Waals surface area contributed by atoms with Gasteiger partial charge in [0.05, 0.1) is 0 Å². The Hall–Kier alpha value is -1.53. The first-order valence-electron chi connectivity index (χ1n) is 5.55. The summed E-state index contributed by atoms with van der Waals surface area (Å²) in [5.74, 6) is 0.383. The number of pyridine rings is 1. The zero-order valence-corrected chi connectivity index (χ0v) is 12.3. The molecular formula is C13H11BrFN3S. The molecule has 2 aromatic rings. The van der Waals surface area contributed by atoms with Gasteiger partial charge in [0.15, 0.2) is 5.11 Å². The first kappa shape index (κ1) is 13.9. The van der Waals surface area contributed by atoms with Crippen LogP contribution in [0.15, 0.2) is 47.1 Å². The number of halogens is 2. The lowest BCUT2D eigenvalue weighted by molar-refractivity contribution is 0.606. The van der Waals surface area contributed by atoms with Crippen molar-refractivity contribution in [3.05, 3.63) is 58.4 Å². The van der Waals surface area contributed by atoms with Crippen LogP contribution in [0.3, 0.4) is 0 Å². The van der Waals surface area contributed by atoms with Gasteiger partial charge in [0.1, 0.15) is 11.6 Å². The van der Waals surface area contributed by atoms with E-state index in [0.29, 0.717) is 23.0 Å². The topological polar surface area (TPSA) is 37.0 Å². The Morgan fingerprint density at radius 2 is 2.05 bits per heavy atom. The predicted octanol–water partition coefficient (Wildman–Crippen LogP) is 3.47. The maximum Gasteiger partial charge on any atom is 0.172 e. The lowest BCUT2D eigenvalue weighted by Crippen LogP contribution is -2.28. The van der Waals surface area contributed by atoms with E-state index < -0.39 is 0 Å². The van der Waals surface area contributed by atoms with Crippen LogP contribution in [0.1, 0.15) is 5.56 Å². The summed E-state index contributed by atoms with van der Waals surface area (Å²) in [5.41, 5.74) is 0.565. The summed E-state index contributed by atoms with van der Waals surface area (Å²) < 4.78 is 14.3. The maximum atomic E-state index is 13.4. The summed E-state index contributed by atoms with van der Waals surface area (Å²) in [6, 6.07) is 10.2. The van der Waals surface area contributed by atoms with Gasteiger partial charge in [0, 0.05) is 22.8 Å². The first-order valence-corrected chi connectivity index (χ1v) is 6.75. The standard InChI is InChI=1S/C13H11BrFN3S/c14-10-5-6-12(16-8-10)18-13(19)17-7-9-3-1-2-4-11(9)15/h1-6,8H,7H2,(H2,16,17,18,19). The Kier molecular flexibility index (Phi) is 4.81. The Bertz CT molecular complexity index is 574. The molecule has 0 amide bonds. The van der Waals surface area contributed by atoms with Crippen LogP contribution in [0.5, 0.6) is 0 Å². The van der Waals surface area contributed by atoms with Crippen molar-refractivity contribution in [2.75, 3.05) is 5.32 Å². The number of aromatic nitrogens is 1. The Labute approximate surface area is 124 Å². The van der Waals surface area contributed by atoms with E-state index in [1.54, 1.807) is 30.5 Å². The summed E-state index contributed by atoms with van der Waals surface area (Å²) in [5, 5.41) is 6.26. The highest BCUT2D eigenvalue weighted by molar-refractivity contribution is 9.10. The highest BCUT2D eigenvalue weighted by Gasteiger charge is 2.02. The molecule has 1 aromatic heterocycles. The van der Waals surface area contributed by atoms with Crippen LogP contribution in [0.4, 0.5) is 10.2 Å². The number of hydrogen-bond donors (Lipinski definition) is 2. The van der Waals surface area contributed by atoms with Gasteiger partial charge >= 0.3 is 0 Å². The van der Waals surface area contributed by atoms with Crippen LogP contribution in [0.25, 0.3) is 0 Å². The van der Waals surface area contributed by atoms with E-state index in [1.807, 2.05) is 6.07 Å². The molecule has 0 saturated carbocycles. The molecule has 2 N–H and O–H groups in total. The SMILES string of the molecule is Fc1ccccc1CNC(=S)Nc1ccc(Br)cn1. The molecule has 1 heterocycles. The number of hydrogen-bond acceptors (Lipinski definition) is 2. The van der Waals surface area contributed by atoms with Crippen molar-refractivity contribution in [2.45, 2.75) is 6.54 Å². The molecule has 0 unspecified atom stereocenters. The zero-order chi connectivity index (χ0) is 13.7. The van der Waals surface area contributed by atoms with E-state index in [4.69, 9.17) is 12.2 Å². The maximum absolute atomic E-state index is 13.4. The normalized spacial score (nSPS) is 10.0. The van der Waals surface area contributed by atoms with Gasteiger partial charge in [-0.15, -0.1) is 0 Å². The molecule has 98 valence electrons. The fourth-order valence-corrected chi connectivity index (χ4v) is 1.84. The fraction of sp³-hybridized carbons (Fsp3) is 0.0769. The van der Waals surface area contributed by atoms with Gasteiger partial charge in [-0.05, 0) is 46.3 Å². The number of nitrogens with zero attached hydrogens (tertiary/aromatic N) is 1. The third kappa shape index (κ3) is 4.25. The molecule has 0 bridgehead atoms. The Morgan fingerprint density at radius 3 is 2.74 bits per heavy atom. The monoisotopic (exact) mass is 339 g/mol. The van der Waals surface area contributed by atoms with Crippen LogP contribution < -0.4 is 10.6 Å². The van der Waals surface area contributed by atoms with Crippen molar-refractivity contribution in [2.24, 2.45) is 0 Å².